The van der Waals surface area contributed by atoms with Crippen LogP contribution in [0.4, 0.5) is 0 Å². The van der Waals surface area contributed by atoms with Crippen molar-refractivity contribution >= 4 is 70.9 Å². The number of carboxylic acid groups (broad SMARTS) is 1. The van der Waals surface area contributed by atoms with Gasteiger partial charge in [0.15, 0.2) is 0 Å². The van der Waals surface area contributed by atoms with Crippen LogP contribution in [-0.4, -0.2) is 171 Å². The predicted molar refractivity (Wildman–Crippen MR) is 318 cm³/mol. The minimum Gasteiger partial charge on any atom is -0.480 e. The maximum absolute atomic E-state index is 14.5. The highest BCUT2D eigenvalue weighted by molar-refractivity contribution is 5.98. The van der Waals surface area contributed by atoms with Gasteiger partial charge in [0, 0.05) is 19.3 Å². The summed E-state index contributed by atoms with van der Waals surface area (Å²) in [6, 6.07) is 2.02. The lowest BCUT2D eigenvalue weighted by Gasteiger charge is -2.30. The molecular weight excluding hydrogens is 1130 g/mol. The van der Waals surface area contributed by atoms with Crippen LogP contribution in [0.15, 0.2) is 60.7 Å². The van der Waals surface area contributed by atoms with E-state index in [9.17, 15) is 78.0 Å². The van der Waals surface area contributed by atoms with E-state index >= 15 is 0 Å². The van der Waals surface area contributed by atoms with Crippen molar-refractivity contribution in [3.8, 4) is 0 Å². The number of amides is 11. The second-order valence-corrected chi connectivity index (χ2v) is 23.0. The summed E-state index contributed by atoms with van der Waals surface area (Å²) >= 11 is 0. The molecule has 0 saturated carbocycles. The smallest absolute Gasteiger partial charge is 0.326 e. The van der Waals surface area contributed by atoms with E-state index in [1.54, 1.807) is 116 Å². The monoisotopic (exact) mass is 1220 g/mol. The average molecular weight is 1230 g/mol. The van der Waals surface area contributed by atoms with Gasteiger partial charge in [-0.1, -0.05) is 122 Å². The topological polar surface area (TPSA) is 472 Å². The number of nitrogens with two attached hydrogens (primary N) is 3. The van der Waals surface area contributed by atoms with Crippen LogP contribution in [-0.2, 0) is 70.4 Å². The summed E-state index contributed by atoms with van der Waals surface area (Å²) in [5, 5.41) is 64.4. The number of carbonyl (C=O) groups excluding carboxylic acids is 11. The maximum atomic E-state index is 14.5. The average Bonchev–Trinajstić information content (AvgIpc) is 2.51. The molecule has 28 heteroatoms. The summed E-state index contributed by atoms with van der Waals surface area (Å²) < 4.78 is 0. The number of hydrogen-bond acceptors (Lipinski definition) is 16. The Morgan fingerprint density at radius 3 is 1.37 bits per heavy atom. The van der Waals surface area contributed by atoms with Gasteiger partial charge in [0.25, 0.3) is 0 Å². The number of carbonyl (C=O) groups is 12. The molecule has 0 spiro atoms. The zero-order valence-corrected chi connectivity index (χ0v) is 51.0. The van der Waals surface area contributed by atoms with Crippen molar-refractivity contribution in [2.75, 3.05) is 6.61 Å². The minimum atomic E-state index is -1.77. The summed E-state index contributed by atoms with van der Waals surface area (Å²) in [6.07, 6.45) is -5.70. The van der Waals surface area contributed by atoms with Gasteiger partial charge in [0.05, 0.1) is 43.7 Å². The molecule has 11 amide bonds. The quantitative estimate of drug-likeness (QED) is 0.0324. The molecular formula is C59H92N12O16. The molecule has 28 nitrogen and oxygen atoms in total. The molecule has 0 aliphatic heterocycles. The number of rotatable bonds is 39. The van der Waals surface area contributed by atoms with Crippen molar-refractivity contribution in [3.63, 3.8) is 0 Å². The molecule has 0 saturated heterocycles. The van der Waals surface area contributed by atoms with Crippen LogP contribution in [0.3, 0.4) is 0 Å². The molecule has 2 aromatic carbocycles. The van der Waals surface area contributed by atoms with Gasteiger partial charge in [-0.05, 0) is 61.0 Å². The molecule has 2 rings (SSSR count). The molecule has 19 N–H and O–H groups in total. The first-order valence-corrected chi connectivity index (χ1v) is 29.1. The van der Waals surface area contributed by atoms with Crippen molar-refractivity contribution < 1.29 is 78.0 Å². The summed E-state index contributed by atoms with van der Waals surface area (Å²) in [7, 11) is 0. The summed E-state index contributed by atoms with van der Waals surface area (Å²) in [6.45, 7) is 13.9. The highest BCUT2D eigenvalue weighted by atomic mass is 16.4. The van der Waals surface area contributed by atoms with Gasteiger partial charge in [0.2, 0.25) is 65.0 Å². The summed E-state index contributed by atoms with van der Waals surface area (Å²) in [5.74, 6) is -13.3. The van der Waals surface area contributed by atoms with Crippen molar-refractivity contribution in [2.45, 2.75) is 193 Å². The van der Waals surface area contributed by atoms with E-state index < -0.39 is 182 Å². The van der Waals surface area contributed by atoms with Gasteiger partial charge in [-0.3, -0.25) is 52.7 Å². The summed E-state index contributed by atoms with van der Waals surface area (Å²) in [4.78, 5) is 161. The third-order valence-electron chi connectivity index (χ3n) is 14.1. The number of benzene rings is 2. The molecule has 0 bridgehead atoms. The number of aliphatic hydroxyl groups is 3. The van der Waals surface area contributed by atoms with E-state index in [4.69, 9.17) is 17.2 Å². The van der Waals surface area contributed by atoms with Gasteiger partial charge in [-0.2, -0.15) is 0 Å². The zero-order valence-electron chi connectivity index (χ0n) is 51.0. The Morgan fingerprint density at radius 1 is 0.483 bits per heavy atom. The Balaban J connectivity index is 2.47. The third kappa shape index (κ3) is 27.0. The lowest BCUT2D eigenvalue weighted by Crippen LogP contribution is -2.61. The molecule has 0 unspecified atom stereocenters. The first-order chi connectivity index (χ1) is 40.8. The van der Waals surface area contributed by atoms with E-state index in [0.717, 1.165) is 0 Å². The minimum absolute atomic E-state index is 0.0316. The van der Waals surface area contributed by atoms with E-state index in [0.29, 0.717) is 11.1 Å². The Bertz CT molecular complexity index is 2630. The SMILES string of the molecule is CC[C@@H](C)[C@H](NC(=O)[C@H](CCC(N)=O)NC(=O)C[C@H](O)[C@@H](CC(C)C)NC(=O)[C@@H](Cc1ccccc1)NC(=O)[C@H](CC(N)=O)NC(=O)[C@H](Cc1ccccc1)NC(=O)[C@@H](CO)NC(=O)[C@H](N)C(C)C)C(=O)N[C@H](C(=O)N[C@H](CC(C)C)C(=O)O)[C@H](C)O. The molecule has 0 aromatic heterocycles. The van der Waals surface area contributed by atoms with E-state index in [1.165, 1.54) is 6.92 Å². The number of primary amides is 2. The number of aliphatic hydroxyl groups excluding tert-OH is 3. The second-order valence-electron chi connectivity index (χ2n) is 23.0. The van der Waals surface area contributed by atoms with Crippen molar-refractivity contribution in [2.24, 2.45) is 40.9 Å². The first kappa shape index (κ1) is 75.0. The summed E-state index contributed by atoms with van der Waals surface area (Å²) in [5.41, 5.74) is 18.0. The second kappa shape index (κ2) is 37.5. The molecule has 484 valence electrons. The lowest BCUT2D eigenvalue weighted by atomic mass is 9.95. The van der Waals surface area contributed by atoms with Crippen molar-refractivity contribution in [3.05, 3.63) is 71.8 Å². The van der Waals surface area contributed by atoms with Gasteiger partial charge in [0.1, 0.15) is 48.3 Å². The maximum Gasteiger partial charge on any atom is 0.326 e. The van der Waals surface area contributed by atoms with Crippen LogP contribution >= 0.6 is 0 Å². The molecule has 0 fully saturated rings. The van der Waals surface area contributed by atoms with Gasteiger partial charge in [-0.25, -0.2) is 4.79 Å². The fourth-order valence-corrected chi connectivity index (χ4v) is 8.91. The first-order valence-electron chi connectivity index (χ1n) is 29.1. The van der Waals surface area contributed by atoms with Gasteiger partial charge in [-0.15, -0.1) is 0 Å². The Labute approximate surface area is 507 Å². The van der Waals surface area contributed by atoms with E-state index in [2.05, 4.69) is 47.9 Å². The van der Waals surface area contributed by atoms with E-state index in [-0.39, 0.29) is 49.9 Å². The van der Waals surface area contributed by atoms with Crippen LogP contribution in [0, 0.1) is 23.7 Å². The fraction of sp³-hybridized carbons (Fsp3) is 0.593. The molecule has 0 aliphatic rings. The van der Waals surface area contributed by atoms with Gasteiger partial charge < -0.3 is 85.5 Å². The normalized spacial score (nSPS) is 15.8. The highest BCUT2D eigenvalue weighted by Gasteiger charge is 2.38. The molecule has 0 aliphatic carbocycles. The molecule has 13 atom stereocenters. The van der Waals surface area contributed by atoms with Crippen LogP contribution in [0.5, 0.6) is 0 Å². The predicted octanol–water partition coefficient (Wildman–Crippen LogP) is -2.69. The zero-order chi connectivity index (χ0) is 65.8. The standard InChI is InChI=1S/C59H92N12O16/c1-10-33(8)49(57(84)71-50(34(9)73)58(85)68-42(59(86)87)24-31(4)5)70-51(78)37(21-22-45(60)75)63-47(77)28-44(74)38(23-30(2)3)64-52(79)39(25-35-17-13-11-14-18-35)65-54(81)41(27-46(61)76)67-53(80)40(26-36-19-15-12-16-20-36)66-55(82)43(29-72)69-56(83)48(62)32(6)7/h11-20,30-34,37-44,48-50,72-74H,10,21-29,62H2,1-9H3,(H2,60,75)(H2,61,76)(H,63,77)(H,64,79)(H,65,81)(H,66,82)(H,67,80)(H,68,85)(H,69,83)(H,70,78)(H,71,84)(H,86,87)/t33-,34+,37+,38-,39-,40+,41+,42-,43-,44+,48-,49+,50+/m1/s1. The fourth-order valence-electron chi connectivity index (χ4n) is 8.91. The third-order valence-corrected chi connectivity index (χ3v) is 14.1. The highest BCUT2D eigenvalue weighted by Crippen LogP contribution is 2.16. The molecule has 0 heterocycles. The molecule has 0 radical (unpaired) electrons. The lowest BCUT2D eigenvalue weighted by molar-refractivity contribution is -0.143. The van der Waals surface area contributed by atoms with Crippen LogP contribution < -0.4 is 65.1 Å². The molecule has 2 aromatic rings. The van der Waals surface area contributed by atoms with Crippen LogP contribution in [0.25, 0.3) is 0 Å². The molecule has 87 heavy (non-hydrogen) atoms. The van der Waals surface area contributed by atoms with Crippen LogP contribution in [0.2, 0.25) is 0 Å². The Morgan fingerprint density at radius 2 is 0.920 bits per heavy atom. The van der Waals surface area contributed by atoms with E-state index in [1.807, 2.05) is 0 Å². The van der Waals surface area contributed by atoms with Gasteiger partial charge >= 0.3 is 5.97 Å². The van der Waals surface area contributed by atoms with Crippen molar-refractivity contribution in [1.29, 1.82) is 0 Å². The number of carboxylic acids is 1. The number of nitrogens with one attached hydrogen (secondary N) is 9. The van der Waals surface area contributed by atoms with Crippen molar-refractivity contribution in [1.82, 2.24) is 47.9 Å². The number of aliphatic carboxylic acids is 1. The number of hydrogen-bond donors (Lipinski definition) is 16. The Hall–Kier alpha value is -8.08. The van der Waals surface area contributed by atoms with Crippen LogP contribution in [0.1, 0.15) is 118 Å². The Kier molecular flexibility index (Phi) is 32.3. The largest absolute Gasteiger partial charge is 0.480 e.